The summed E-state index contributed by atoms with van der Waals surface area (Å²) in [6.07, 6.45) is 7.13. The molecule has 1 N–H and O–H groups in total. The molecule has 1 aliphatic heterocycles. The largest absolute Gasteiger partial charge is 0.316 e. The van der Waals surface area contributed by atoms with E-state index in [-0.39, 0.29) is 0 Å². The molecule has 1 saturated heterocycles. The van der Waals surface area contributed by atoms with Crippen LogP contribution in [0, 0.1) is 5.92 Å². The lowest BCUT2D eigenvalue weighted by Crippen LogP contribution is -2.21. The molecule has 1 atom stereocenters. The van der Waals surface area contributed by atoms with Crippen molar-refractivity contribution in [1.82, 2.24) is 5.32 Å². The van der Waals surface area contributed by atoms with Gasteiger partial charge in [-0.05, 0) is 31.8 Å². The van der Waals surface area contributed by atoms with Crippen LogP contribution in [-0.4, -0.2) is 13.1 Å². The van der Waals surface area contributed by atoms with E-state index in [4.69, 9.17) is 0 Å². The van der Waals surface area contributed by atoms with Gasteiger partial charge in [-0.25, -0.2) is 0 Å². The smallest absolute Gasteiger partial charge is 0.00232 e. The molecular weight excluding hydrogens is 122 g/mol. The number of nitrogens with one attached hydrogen (secondary N) is 1. The summed E-state index contributed by atoms with van der Waals surface area (Å²) >= 11 is 0. The Kier molecular flexibility index (Phi) is 3.81. The third-order valence-electron chi connectivity index (χ3n) is 2.29. The monoisotopic (exact) mass is 141 g/mol. The summed E-state index contributed by atoms with van der Waals surface area (Å²) in [6, 6.07) is 0. The van der Waals surface area contributed by atoms with Gasteiger partial charge >= 0.3 is 0 Å². The summed E-state index contributed by atoms with van der Waals surface area (Å²) in [7, 11) is 0. The molecule has 0 unspecified atom stereocenters. The van der Waals surface area contributed by atoms with Crippen molar-refractivity contribution >= 4 is 0 Å². The highest BCUT2D eigenvalue weighted by Crippen LogP contribution is 2.11. The predicted molar refractivity (Wildman–Crippen MR) is 45.1 cm³/mol. The standard InChI is InChI=1S/C9H19N/c1-9-6-4-2-3-5-7-10-8-9/h9-10H,2-8H2,1H3/t9-/m0/s1. The third kappa shape index (κ3) is 3.21. The van der Waals surface area contributed by atoms with Gasteiger partial charge in [0.25, 0.3) is 0 Å². The summed E-state index contributed by atoms with van der Waals surface area (Å²) < 4.78 is 0. The van der Waals surface area contributed by atoms with Crippen molar-refractivity contribution < 1.29 is 0 Å². The van der Waals surface area contributed by atoms with Gasteiger partial charge in [-0.15, -0.1) is 0 Å². The second-order valence-corrected chi connectivity index (χ2v) is 3.51. The first-order chi connectivity index (χ1) is 4.89. The van der Waals surface area contributed by atoms with Gasteiger partial charge in [0.15, 0.2) is 0 Å². The molecule has 10 heavy (non-hydrogen) atoms. The number of hydrogen-bond donors (Lipinski definition) is 1. The Morgan fingerprint density at radius 3 is 2.80 bits per heavy atom. The Labute approximate surface area is 64.2 Å². The van der Waals surface area contributed by atoms with E-state index in [1.165, 1.54) is 45.2 Å². The first-order valence-corrected chi connectivity index (χ1v) is 4.60. The topological polar surface area (TPSA) is 12.0 Å². The van der Waals surface area contributed by atoms with Crippen LogP contribution < -0.4 is 5.32 Å². The second kappa shape index (κ2) is 4.73. The van der Waals surface area contributed by atoms with E-state index in [0.717, 1.165) is 5.92 Å². The normalized spacial score (nSPS) is 30.3. The van der Waals surface area contributed by atoms with Crippen LogP contribution in [-0.2, 0) is 0 Å². The van der Waals surface area contributed by atoms with Crippen molar-refractivity contribution in [3.63, 3.8) is 0 Å². The van der Waals surface area contributed by atoms with E-state index < -0.39 is 0 Å². The van der Waals surface area contributed by atoms with Gasteiger partial charge in [0.2, 0.25) is 0 Å². The molecule has 1 rings (SSSR count). The lowest BCUT2D eigenvalue weighted by Gasteiger charge is -2.08. The molecule has 0 spiro atoms. The fourth-order valence-electron chi connectivity index (χ4n) is 1.55. The Balaban J connectivity index is 2.15. The summed E-state index contributed by atoms with van der Waals surface area (Å²) in [5.74, 6) is 0.901. The Hall–Kier alpha value is -0.0400. The molecule has 1 heteroatoms. The molecule has 1 nitrogen and oxygen atoms in total. The molecule has 0 saturated carbocycles. The minimum atomic E-state index is 0.901. The number of rotatable bonds is 0. The molecule has 1 heterocycles. The van der Waals surface area contributed by atoms with E-state index in [1.807, 2.05) is 0 Å². The highest BCUT2D eigenvalue weighted by atomic mass is 14.8. The van der Waals surface area contributed by atoms with Crippen LogP contribution in [0.2, 0.25) is 0 Å². The molecule has 0 radical (unpaired) electrons. The Morgan fingerprint density at radius 2 is 1.90 bits per heavy atom. The number of hydrogen-bond acceptors (Lipinski definition) is 1. The van der Waals surface area contributed by atoms with Crippen LogP contribution in [0.4, 0.5) is 0 Å². The Morgan fingerprint density at radius 1 is 1.10 bits per heavy atom. The van der Waals surface area contributed by atoms with Crippen molar-refractivity contribution in [3.05, 3.63) is 0 Å². The molecule has 0 aromatic carbocycles. The summed E-state index contributed by atoms with van der Waals surface area (Å²) in [4.78, 5) is 0. The molecule has 1 aliphatic rings. The minimum absolute atomic E-state index is 0.901. The fourth-order valence-corrected chi connectivity index (χ4v) is 1.55. The molecule has 0 bridgehead atoms. The molecule has 0 aliphatic carbocycles. The van der Waals surface area contributed by atoms with Crippen LogP contribution in [0.5, 0.6) is 0 Å². The van der Waals surface area contributed by atoms with Crippen LogP contribution >= 0.6 is 0 Å². The zero-order valence-corrected chi connectivity index (χ0v) is 7.03. The molecule has 60 valence electrons. The van der Waals surface area contributed by atoms with E-state index in [1.54, 1.807) is 0 Å². The van der Waals surface area contributed by atoms with Gasteiger partial charge in [0.05, 0.1) is 0 Å². The van der Waals surface area contributed by atoms with Gasteiger partial charge in [-0.3, -0.25) is 0 Å². The first-order valence-electron chi connectivity index (χ1n) is 4.60. The molecule has 0 aromatic heterocycles. The van der Waals surface area contributed by atoms with Crippen molar-refractivity contribution in [3.8, 4) is 0 Å². The fraction of sp³-hybridized carbons (Fsp3) is 1.00. The first kappa shape index (κ1) is 8.06. The maximum atomic E-state index is 3.48. The molecule has 1 fully saturated rings. The van der Waals surface area contributed by atoms with E-state index in [9.17, 15) is 0 Å². The van der Waals surface area contributed by atoms with Gasteiger partial charge < -0.3 is 5.32 Å². The van der Waals surface area contributed by atoms with E-state index in [0.29, 0.717) is 0 Å². The zero-order valence-electron chi connectivity index (χ0n) is 7.03. The third-order valence-corrected chi connectivity index (χ3v) is 2.29. The maximum absolute atomic E-state index is 3.48. The van der Waals surface area contributed by atoms with Gasteiger partial charge in [0.1, 0.15) is 0 Å². The Bertz CT molecular complexity index is 70.8. The van der Waals surface area contributed by atoms with Crippen LogP contribution in [0.3, 0.4) is 0 Å². The van der Waals surface area contributed by atoms with Crippen molar-refractivity contribution in [2.45, 2.75) is 39.0 Å². The van der Waals surface area contributed by atoms with E-state index >= 15 is 0 Å². The SMILES string of the molecule is C[C@H]1CCCCCCNC1. The van der Waals surface area contributed by atoms with Crippen LogP contribution in [0.1, 0.15) is 39.0 Å². The molecular formula is C9H19N. The van der Waals surface area contributed by atoms with Gasteiger partial charge in [-0.2, -0.15) is 0 Å². The second-order valence-electron chi connectivity index (χ2n) is 3.51. The van der Waals surface area contributed by atoms with Crippen molar-refractivity contribution in [1.29, 1.82) is 0 Å². The maximum Gasteiger partial charge on any atom is -0.00232 e. The summed E-state index contributed by atoms with van der Waals surface area (Å²) in [6.45, 7) is 4.82. The van der Waals surface area contributed by atoms with Gasteiger partial charge in [-0.1, -0.05) is 26.2 Å². The quantitative estimate of drug-likeness (QED) is 0.545. The summed E-state index contributed by atoms with van der Waals surface area (Å²) in [5, 5.41) is 3.48. The lowest BCUT2D eigenvalue weighted by atomic mass is 10.0. The minimum Gasteiger partial charge on any atom is -0.316 e. The van der Waals surface area contributed by atoms with Crippen LogP contribution in [0.25, 0.3) is 0 Å². The highest BCUT2D eigenvalue weighted by molar-refractivity contribution is 4.60. The average molecular weight is 141 g/mol. The molecule has 0 aromatic rings. The lowest BCUT2D eigenvalue weighted by molar-refractivity contribution is 0.482. The van der Waals surface area contributed by atoms with Crippen molar-refractivity contribution in [2.75, 3.05) is 13.1 Å². The predicted octanol–water partition coefficient (Wildman–Crippen LogP) is 2.18. The van der Waals surface area contributed by atoms with E-state index in [2.05, 4.69) is 12.2 Å². The van der Waals surface area contributed by atoms with Gasteiger partial charge in [0, 0.05) is 0 Å². The highest BCUT2D eigenvalue weighted by Gasteiger charge is 2.03. The molecule has 0 amide bonds. The summed E-state index contributed by atoms with van der Waals surface area (Å²) in [5.41, 5.74) is 0. The average Bonchev–Trinajstić information content (AvgIpc) is 2.02. The zero-order chi connectivity index (χ0) is 7.23. The van der Waals surface area contributed by atoms with Crippen molar-refractivity contribution in [2.24, 2.45) is 5.92 Å². The van der Waals surface area contributed by atoms with Crippen LogP contribution in [0.15, 0.2) is 0 Å².